The SMILES string of the molecule is Cc1cccc(C)c1NC(=O)Cn1c(=O)c(-c2ccccc2NC(=O)C(C)C)nc2ccccc21. The second-order valence-electron chi connectivity index (χ2n) is 8.84. The monoisotopic (exact) mass is 468 g/mol. The number of aryl methyl sites for hydroxylation is 2. The molecule has 7 heteroatoms. The van der Waals surface area contributed by atoms with Crippen LogP contribution in [0.2, 0.25) is 0 Å². The van der Waals surface area contributed by atoms with Crippen molar-refractivity contribution < 1.29 is 9.59 Å². The minimum absolute atomic E-state index is 0.161. The molecule has 0 saturated heterocycles. The lowest BCUT2D eigenvalue weighted by Gasteiger charge is -2.16. The molecule has 0 atom stereocenters. The van der Waals surface area contributed by atoms with E-state index in [-0.39, 0.29) is 30.0 Å². The number of nitrogens with one attached hydrogen (secondary N) is 2. The molecule has 2 amide bonds. The molecule has 1 aromatic heterocycles. The van der Waals surface area contributed by atoms with Gasteiger partial charge in [-0.3, -0.25) is 19.0 Å². The molecule has 0 radical (unpaired) electrons. The second kappa shape index (κ2) is 9.93. The van der Waals surface area contributed by atoms with E-state index in [0.29, 0.717) is 22.3 Å². The highest BCUT2D eigenvalue weighted by molar-refractivity contribution is 5.97. The largest absolute Gasteiger partial charge is 0.325 e. The van der Waals surface area contributed by atoms with Crippen LogP contribution in [0.5, 0.6) is 0 Å². The van der Waals surface area contributed by atoms with Crippen LogP contribution in [0.3, 0.4) is 0 Å². The average molecular weight is 469 g/mol. The third-order valence-corrected chi connectivity index (χ3v) is 5.86. The van der Waals surface area contributed by atoms with E-state index in [2.05, 4.69) is 15.6 Å². The first-order valence-electron chi connectivity index (χ1n) is 11.5. The van der Waals surface area contributed by atoms with Crippen LogP contribution >= 0.6 is 0 Å². The van der Waals surface area contributed by atoms with E-state index in [0.717, 1.165) is 16.8 Å². The molecule has 1 heterocycles. The molecule has 0 aliphatic carbocycles. The molecule has 3 aromatic carbocycles. The Labute approximate surface area is 203 Å². The summed E-state index contributed by atoms with van der Waals surface area (Å²) in [5.41, 5.74) is 4.52. The molecule has 4 rings (SSSR count). The Hall–Kier alpha value is -4.26. The highest BCUT2D eigenvalue weighted by atomic mass is 16.2. The first kappa shape index (κ1) is 23.9. The summed E-state index contributed by atoms with van der Waals surface area (Å²) in [4.78, 5) is 43.7. The number of para-hydroxylation sites is 4. The Morgan fingerprint density at radius 2 is 1.54 bits per heavy atom. The fraction of sp³-hybridized carbons (Fsp3) is 0.214. The number of rotatable bonds is 6. The smallest absolute Gasteiger partial charge is 0.278 e. The molecule has 0 spiro atoms. The molecule has 178 valence electrons. The maximum absolute atomic E-state index is 13.7. The molecule has 0 saturated carbocycles. The first-order chi connectivity index (χ1) is 16.8. The van der Waals surface area contributed by atoms with Gasteiger partial charge in [-0.25, -0.2) is 4.98 Å². The van der Waals surface area contributed by atoms with Gasteiger partial charge in [0.1, 0.15) is 12.2 Å². The van der Waals surface area contributed by atoms with Gasteiger partial charge in [0.25, 0.3) is 5.56 Å². The number of nitrogens with zero attached hydrogens (tertiary/aromatic N) is 2. The molecule has 0 aliphatic heterocycles. The summed E-state index contributed by atoms with van der Waals surface area (Å²) in [6.07, 6.45) is 0. The lowest BCUT2D eigenvalue weighted by Crippen LogP contribution is -2.30. The molecule has 0 fully saturated rings. The van der Waals surface area contributed by atoms with Gasteiger partial charge in [0.2, 0.25) is 11.8 Å². The molecule has 0 unspecified atom stereocenters. The molecular weight excluding hydrogens is 440 g/mol. The van der Waals surface area contributed by atoms with Crippen LogP contribution in [0.25, 0.3) is 22.3 Å². The maximum atomic E-state index is 13.7. The Balaban J connectivity index is 1.79. The number of fused-ring (bicyclic) bond motifs is 1. The lowest BCUT2D eigenvalue weighted by atomic mass is 10.1. The zero-order valence-electron chi connectivity index (χ0n) is 20.3. The van der Waals surface area contributed by atoms with Crippen LogP contribution in [0.1, 0.15) is 25.0 Å². The molecular formula is C28H28N4O3. The van der Waals surface area contributed by atoms with Crippen molar-refractivity contribution in [3.8, 4) is 11.3 Å². The van der Waals surface area contributed by atoms with Gasteiger partial charge in [-0.05, 0) is 43.2 Å². The highest BCUT2D eigenvalue weighted by Crippen LogP contribution is 2.26. The molecule has 4 aromatic rings. The normalized spacial score (nSPS) is 11.0. The van der Waals surface area contributed by atoms with Gasteiger partial charge in [0, 0.05) is 17.2 Å². The van der Waals surface area contributed by atoms with E-state index in [1.165, 1.54) is 4.57 Å². The number of amides is 2. The van der Waals surface area contributed by atoms with Crippen molar-refractivity contribution in [3.63, 3.8) is 0 Å². The van der Waals surface area contributed by atoms with Gasteiger partial charge < -0.3 is 10.6 Å². The topological polar surface area (TPSA) is 93.1 Å². The van der Waals surface area contributed by atoms with Crippen molar-refractivity contribution in [2.24, 2.45) is 5.92 Å². The summed E-state index contributed by atoms with van der Waals surface area (Å²) < 4.78 is 1.43. The van der Waals surface area contributed by atoms with Crippen LogP contribution in [-0.2, 0) is 16.1 Å². The second-order valence-corrected chi connectivity index (χ2v) is 8.84. The molecule has 2 N–H and O–H groups in total. The molecule has 7 nitrogen and oxygen atoms in total. The third kappa shape index (κ3) is 4.99. The summed E-state index contributed by atoms with van der Waals surface area (Å²) in [7, 11) is 0. The standard InChI is InChI=1S/C28H28N4O3/c1-17(2)27(34)30-21-13-6-5-12-20(21)26-28(35)32(23-15-8-7-14-22(23)29-26)16-24(33)31-25-18(3)10-9-11-19(25)4/h5-15,17H,16H2,1-4H3,(H,30,34)(H,31,33). The summed E-state index contributed by atoms with van der Waals surface area (Å²) in [5, 5.41) is 5.83. The van der Waals surface area contributed by atoms with E-state index in [1.54, 1.807) is 56.3 Å². The minimum Gasteiger partial charge on any atom is -0.325 e. The summed E-state index contributed by atoms with van der Waals surface area (Å²) in [6, 6.07) is 20.1. The number of hydrogen-bond donors (Lipinski definition) is 2. The van der Waals surface area contributed by atoms with Crippen molar-refractivity contribution in [1.82, 2.24) is 9.55 Å². The fourth-order valence-electron chi connectivity index (χ4n) is 3.93. The molecule has 0 aliphatic rings. The van der Waals surface area contributed by atoms with Crippen molar-refractivity contribution in [2.75, 3.05) is 10.6 Å². The van der Waals surface area contributed by atoms with Crippen LogP contribution in [0.15, 0.2) is 71.5 Å². The predicted octanol–water partition coefficient (Wildman–Crippen LogP) is 4.91. The number of benzene rings is 3. The van der Waals surface area contributed by atoms with E-state index < -0.39 is 5.56 Å². The van der Waals surface area contributed by atoms with Crippen LogP contribution in [0, 0.1) is 19.8 Å². The summed E-state index contributed by atoms with van der Waals surface area (Å²) in [5.74, 6) is -0.697. The highest BCUT2D eigenvalue weighted by Gasteiger charge is 2.19. The number of carbonyl (C=O) groups excluding carboxylic acids is 2. The minimum atomic E-state index is -0.411. The first-order valence-corrected chi connectivity index (χ1v) is 11.5. The quantitative estimate of drug-likeness (QED) is 0.420. The predicted molar refractivity (Wildman–Crippen MR) is 139 cm³/mol. The zero-order valence-corrected chi connectivity index (χ0v) is 20.3. The average Bonchev–Trinajstić information content (AvgIpc) is 2.83. The van der Waals surface area contributed by atoms with Gasteiger partial charge in [-0.2, -0.15) is 0 Å². The summed E-state index contributed by atoms with van der Waals surface area (Å²) >= 11 is 0. The van der Waals surface area contributed by atoms with Crippen molar-refractivity contribution in [3.05, 3.63) is 88.2 Å². The lowest BCUT2D eigenvalue weighted by molar-refractivity contribution is -0.119. The van der Waals surface area contributed by atoms with Crippen LogP contribution < -0.4 is 16.2 Å². The number of anilines is 2. The van der Waals surface area contributed by atoms with Crippen LogP contribution in [-0.4, -0.2) is 21.4 Å². The van der Waals surface area contributed by atoms with Crippen molar-refractivity contribution in [2.45, 2.75) is 34.2 Å². The third-order valence-electron chi connectivity index (χ3n) is 5.86. The Morgan fingerprint density at radius 1 is 0.886 bits per heavy atom. The Morgan fingerprint density at radius 3 is 2.26 bits per heavy atom. The van der Waals surface area contributed by atoms with E-state index >= 15 is 0 Å². The van der Waals surface area contributed by atoms with Gasteiger partial charge in [-0.15, -0.1) is 0 Å². The van der Waals surface area contributed by atoms with Gasteiger partial charge >= 0.3 is 0 Å². The molecule has 35 heavy (non-hydrogen) atoms. The zero-order chi connectivity index (χ0) is 25.1. The number of aromatic nitrogens is 2. The van der Waals surface area contributed by atoms with Gasteiger partial charge in [-0.1, -0.05) is 62.4 Å². The van der Waals surface area contributed by atoms with Crippen LogP contribution in [0.4, 0.5) is 11.4 Å². The van der Waals surface area contributed by atoms with Gasteiger partial charge in [0.15, 0.2) is 0 Å². The van der Waals surface area contributed by atoms with E-state index in [4.69, 9.17) is 0 Å². The number of hydrogen-bond acceptors (Lipinski definition) is 4. The number of carbonyl (C=O) groups is 2. The van der Waals surface area contributed by atoms with Crippen molar-refractivity contribution in [1.29, 1.82) is 0 Å². The summed E-state index contributed by atoms with van der Waals surface area (Å²) in [6.45, 7) is 7.28. The van der Waals surface area contributed by atoms with Crippen molar-refractivity contribution >= 4 is 34.2 Å². The molecule has 0 bridgehead atoms. The Kier molecular flexibility index (Phi) is 6.78. The fourth-order valence-corrected chi connectivity index (χ4v) is 3.93. The van der Waals surface area contributed by atoms with E-state index in [9.17, 15) is 14.4 Å². The van der Waals surface area contributed by atoms with Gasteiger partial charge in [0.05, 0.1) is 16.7 Å². The van der Waals surface area contributed by atoms with E-state index in [1.807, 2.05) is 38.1 Å². The Bertz CT molecular complexity index is 1470. The maximum Gasteiger partial charge on any atom is 0.278 e.